The summed E-state index contributed by atoms with van der Waals surface area (Å²) in [5.41, 5.74) is 6.94. The number of aryl methyl sites for hydroxylation is 2. The van der Waals surface area contributed by atoms with Gasteiger partial charge in [-0.15, -0.1) is 0 Å². The second kappa shape index (κ2) is 8.42. The van der Waals surface area contributed by atoms with E-state index in [9.17, 15) is 9.11 Å². The van der Waals surface area contributed by atoms with Crippen molar-refractivity contribution in [1.82, 2.24) is 4.98 Å². The molecule has 0 aliphatic carbocycles. The van der Waals surface area contributed by atoms with Crippen LogP contribution in [0.3, 0.4) is 0 Å². The number of allylic oxidation sites excluding steroid dienone is 2. The van der Waals surface area contributed by atoms with Crippen molar-refractivity contribution in [2.24, 2.45) is 0 Å². The molecule has 2 heterocycles. The third-order valence-corrected chi connectivity index (χ3v) is 4.82. The summed E-state index contributed by atoms with van der Waals surface area (Å²) in [7, 11) is 0.550. The average Bonchev–Trinajstić information content (AvgIpc) is 3.14. The Bertz CT molecular complexity index is 987. The lowest BCUT2D eigenvalue weighted by Crippen LogP contribution is -2.19. The summed E-state index contributed by atoms with van der Waals surface area (Å²) < 4.78 is 20.7. The van der Waals surface area contributed by atoms with E-state index < -0.39 is 0 Å². The van der Waals surface area contributed by atoms with Crippen LogP contribution in [0.2, 0.25) is 0 Å². The van der Waals surface area contributed by atoms with Crippen molar-refractivity contribution in [3.63, 3.8) is 0 Å². The summed E-state index contributed by atoms with van der Waals surface area (Å²) in [6.45, 7) is 7.79. The third-order valence-electron chi connectivity index (χ3n) is 4.82. The highest BCUT2D eigenvalue weighted by Gasteiger charge is 2.33. The number of hydrogen-bond donors (Lipinski definition) is 1. The van der Waals surface area contributed by atoms with E-state index in [1.54, 1.807) is 0 Å². The highest BCUT2D eigenvalue weighted by Crippen LogP contribution is 2.30. The second-order valence-electron chi connectivity index (χ2n) is 7.10. The molecule has 0 atom stereocenters. The van der Waals surface area contributed by atoms with Gasteiger partial charge in [0.15, 0.2) is 11.4 Å². The van der Waals surface area contributed by atoms with Crippen LogP contribution in [0.5, 0.6) is 0 Å². The topological polar surface area (TPSA) is 45.1 Å². The van der Waals surface area contributed by atoms with E-state index in [2.05, 4.69) is 4.98 Å². The Morgan fingerprint density at radius 2 is 1.89 bits per heavy atom. The number of benzene rings is 1. The SMILES string of the molecule is CC1=CC(C)=[N+]([B]F)/C1=C(/COC(=O)Cc1ccccc1)c1[nH]c(C)cc1C. The zero-order valence-electron chi connectivity index (χ0n) is 16.7. The number of rotatable bonds is 6. The monoisotopic (exact) mass is 378 g/mol. The van der Waals surface area contributed by atoms with Gasteiger partial charge < -0.3 is 9.72 Å². The molecule has 6 heteroatoms. The lowest BCUT2D eigenvalue weighted by atomic mass is 10.0. The first-order chi connectivity index (χ1) is 13.4. The Hall–Kier alpha value is -2.89. The van der Waals surface area contributed by atoms with Gasteiger partial charge in [-0.05, 0) is 38.0 Å². The van der Waals surface area contributed by atoms with Crippen LogP contribution >= 0.6 is 0 Å². The van der Waals surface area contributed by atoms with Gasteiger partial charge in [-0.1, -0.05) is 30.3 Å². The molecule has 0 unspecified atom stereocenters. The standard InChI is InChI=1S/C22H24BFN2O2/c1-14-10-16(3)25-21(14)19(22-15(2)11-17(4)26(22)23-24)13-28-20(27)12-18-8-6-5-7-9-18/h5-11,25H,12-13H2,1-4H3/q+1. The number of aromatic amines is 1. The van der Waals surface area contributed by atoms with Gasteiger partial charge in [0.05, 0.1) is 17.7 Å². The zero-order valence-corrected chi connectivity index (χ0v) is 16.7. The van der Waals surface area contributed by atoms with Gasteiger partial charge in [-0.2, -0.15) is 0 Å². The molecule has 1 aliphatic heterocycles. The molecule has 28 heavy (non-hydrogen) atoms. The molecule has 0 saturated carbocycles. The maximum Gasteiger partial charge on any atom is 0.792 e. The Balaban J connectivity index is 1.92. The molecule has 0 amide bonds. The Kier molecular flexibility index (Phi) is 5.97. The number of esters is 1. The molecule has 1 aromatic heterocycles. The number of carbonyl (C=O) groups excluding carboxylic acids is 1. The summed E-state index contributed by atoms with van der Waals surface area (Å²) in [5.74, 6) is -0.318. The number of hydrogen-bond acceptors (Lipinski definition) is 2. The van der Waals surface area contributed by atoms with Crippen LogP contribution in [-0.2, 0) is 16.0 Å². The largest absolute Gasteiger partial charge is 0.792 e. The molecular weight excluding hydrogens is 354 g/mol. The molecule has 1 radical (unpaired) electrons. The molecule has 4 nitrogen and oxygen atoms in total. The Morgan fingerprint density at radius 1 is 1.18 bits per heavy atom. The first-order valence-electron chi connectivity index (χ1n) is 9.25. The van der Waals surface area contributed by atoms with Crippen molar-refractivity contribution in [3.8, 4) is 0 Å². The normalized spacial score (nSPS) is 15.5. The van der Waals surface area contributed by atoms with Crippen LogP contribution in [0.1, 0.15) is 36.4 Å². The molecule has 3 rings (SSSR count). The minimum Gasteiger partial charge on any atom is -0.460 e. The van der Waals surface area contributed by atoms with Gasteiger partial charge in [0.2, 0.25) is 0 Å². The number of nitrogens with one attached hydrogen (secondary N) is 1. The van der Waals surface area contributed by atoms with Crippen LogP contribution in [0.25, 0.3) is 5.57 Å². The number of nitrogens with zero attached hydrogens (tertiary/aromatic N) is 1. The zero-order chi connectivity index (χ0) is 20.3. The lowest BCUT2D eigenvalue weighted by molar-refractivity contribution is -0.320. The van der Waals surface area contributed by atoms with Crippen LogP contribution < -0.4 is 0 Å². The van der Waals surface area contributed by atoms with Crippen molar-refractivity contribution in [2.75, 3.05) is 6.61 Å². The first-order valence-corrected chi connectivity index (χ1v) is 9.25. The van der Waals surface area contributed by atoms with Crippen LogP contribution in [0.4, 0.5) is 4.32 Å². The smallest absolute Gasteiger partial charge is 0.460 e. The number of aromatic nitrogens is 1. The fraction of sp³-hybridized carbons (Fsp3) is 0.273. The van der Waals surface area contributed by atoms with Crippen molar-refractivity contribution in [2.45, 2.75) is 34.1 Å². The van der Waals surface area contributed by atoms with E-state index in [1.165, 1.54) is 4.49 Å². The molecule has 143 valence electrons. The third kappa shape index (κ3) is 4.16. The molecule has 0 bridgehead atoms. The predicted molar refractivity (Wildman–Crippen MR) is 110 cm³/mol. The van der Waals surface area contributed by atoms with Gasteiger partial charge in [0, 0.05) is 24.3 Å². The predicted octanol–water partition coefficient (Wildman–Crippen LogP) is 4.07. The molecule has 1 N–H and O–H groups in total. The maximum atomic E-state index is 13.6. The van der Waals surface area contributed by atoms with Gasteiger partial charge in [0.25, 0.3) is 0 Å². The fourth-order valence-corrected chi connectivity index (χ4v) is 3.59. The van der Waals surface area contributed by atoms with E-state index >= 15 is 0 Å². The van der Waals surface area contributed by atoms with Gasteiger partial charge in [-0.25, -0.2) is 8.80 Å². The minimum atomic E-state index is -0.318. The molecule has 0 fully saturated rings. The number of halogens is 1. The summed E-state index contributed by atoms with van der Waals surface area (Å²) in [6.07, 6.45) is 2.12. The molecule has 0 saturated heterocycles. The van der Waals surface area contributed by atoms with E-state index in [0.717, 1.165) is 39.4 Å². The molecule has 2 aromatic rings. The van der Waals surface area contributed by atoms with E-state index in [1.807, 2.05) is 70.2 Å². The van der Waals surface area contributed by atoms with Crippen molar-refractivity contribution in [1.29, 1.82) is 0 Å². The molecule has 1 aromatic carbocycles. The lowest BCUT2D eigenvalue weighted by Gasteiger charge is -2.12. The highest BCUT2D eigenvalue weighted by atomic mass is 19.1. The quantitative estimate of drug-likeness (QED) is 0.609. The summed E-state index contributed by atoms with van der Waals surface area (Å²) in [4.78, 5) is 15.7. The number of ether oxygens (including phenoxy) is 1. The minimum absolute atomic E-state index is 0.0601. The van der Waals surface area contributed by atoms with E-state index in [0.29, 0.717) is 13.4 Å². The maximum absolute atomic E-state index is 13.6. The molecule has 0 spiro atoms. The van der Waals surface area contributed by atoms with Crippen LogP contribution in [0.15, 0.2) is 53.7 Å². The second-order valence-corrected chi connectivity index (χ2v) is 7.10. The Labute approximate surface area is 165 Å². The molecule has 1 aliphatic rings. The summed E-state index contributed by atoms with van der Waals surface area (Å²) in [5, 5.41) is 0. The first kappa shape index (κ1) is 19.9. The fourth-order valence-electron chi connectivity index (χ4n) is 3.59. The van der Waals surface area contributed by atoms with Crippen molar-refractivity contribution >= 4 is 24.9 Å². The average molecular weight is 378 g/mol. The number of carbonyl (C=O) groups is 1. The number of H-pyrrole nitrogens is 1. The molecular formula is C22H24BFN2O2+. The van der Waals surface area contributed by atoms with Crippen molar-refractivity contribution in [3.05, 3.63) is 76.3 Å². The van der Waals surface area contributed by atoms with Crippen molar-refractivity contribution < 1.29 is 18.3 Å². The summed E-state index contributed by atoms with van der Waals surface area (Å²) in [6, 6.07) is 11.5. The van der Waals surface area contributed by atoms with Gasteiger partial charge in [-0.3, -0.25) is 4.79 Å². The Morgan fingerprint density at radius 3 is 2.50 bits per heavy atom. The van der Waals surface area contributed by atoms with Gasteiger partial charge >= 0.3 is 13.7 Å². The van der Waals surface area contributed by atoms with E-state index in [4.69, 9.17) is 4.74 Å². The summed E-state index contributed by atoms with van der Waals surface area (Å²) >= 11 is 0. The van der Waals surface area contributed by atoms with Crippen LogP contribution in [-0.4, -0.2) is 35.4 Å². The van der Waals surface area contributed by atoms with Gasteiger partial charge in [0.1, 0.15) is 6.61 Å². The van der Waals surface area contributed by atoms with E-state index in [-0.39, 0.29) is 19.0 Å². The van der Waals surface area contributed by atoms with Crippen LogP contribution in [0, 0.1) is 13.8 Å². The highest BCUT2D eigenvalue weighted by molar-refractivity contribution is 6.19.